The van der Waals surface area contributed by atoms with Gasteiger partial charge in [0.25, 0.3) is 0 Å². The number of hydrogen-bond donors (Lipinski definition) is 5. The van der Waals surface area contributed by atoms with Crippen molar-refractivity contribution >= 4 is 35.6 Å². The number of unbranched alkanes of at least 4 members (excludes halogenated alkanes) is 4. The molecular weight excluding hydrogens is 628 g/mol. The zero-order valence-electron chi connectivity index (χ0n) is 31.4. The molecule has 0 aromatic rings. The zero-order chi connectivity index (χ0) is 37.1. The maximum Gasteiger partial charge on any atom is 0.328 e. The monoisotopic (exact) mass is 694 g/mol. The van der Waals surface area contributed by atoms with Crippen LogP contribution in [0.25, 0.3) is 0 Å². The first-order valence-corrected chi connectivity index (χ1v) is 18.6. The summed E-state index contributed by atoms with van der Waals surface area (Å²) in [5.41, 5.74) is 0. The largest absolute Gasteiger partial charge is 0.481 e. The van der Waals surface area contributed by atoms with Crippen molar-refractivity contribution < 1.29 is 38.6 Å². The summed E-state index contributed by atoms with van der Waals surface area (Å²) < 4.78 is 5.83. The van der Waals surface area contributed by atoms with E-state index >= 15 is 0 Å². The number of nitrogens with one attached hydrogen (secondary N) is 4. The predicted octanol–water partition coefficient (Wildman–Crippen LogP) is 5.02. The van der Waals surface area contributed by atoms with Gasteiger partial charge >= 0.3 is 11.9 Å². The first kappa shape index (κ1) is 43.8. The van der Waals surface area contributed by atoms with E-state index in [1.165, 1.54) is 6.42 Å². The molecule has 1 fully saturated rings. The summed E-state index contributed by atoms with van der Waals surface area (Å²) in [5, 5.41) is 20.4. The maximum absolute atomic E-state index is 13.6. The smallest absolute Gasteiger partial charge is 0.328 e. The highest BCUT2D eigenvalue weighted by atomic mass is 16.5. The van der Waals surface area contributed by atoms with Gasteiger partial charge in [-0.05, 0) is 62.2 Å². The average molecular weight is 695 g/mol. The third-order valence-corrected chi connectivity index (χ3v) is 8.90. The quantitative estimate of drug-likeness (QED) is 0.0980. The number of aliphatic carboxylic acids is 1. The van der Waals surface area contributed by atoms with Crippen LogP contribution in [0.4, 0.5) is 0 Å². The van der Waals surface area contributed by atoms with E-state index < -0.39 is 72.3 Å². The Balaban J connectivity index is 3.41. The summed E-state index contributed by atoms with van der Waals surface area (Å²) in [6.45, 7) is 15.9. The topological polar surface area (TPSA) is 180 Å². The Labute approximate surface area is 294 Å². The number of ether oxygens (including phenoxy) is 1. The third kappa shape index (κ3) is 19.0. The minimum atomic E-state index is -1.30. The fourth-order valence-electron chi connectivity index (χ4n) is 5.95. The molecule has 5 N–H and O–H groups in total. The molecule has 0 saturated carbocycles. The van der Waals surface area contributed by atoms with Gasteiger partial charge in [0, 0.05) is 6.42 Å². The van der Waals surface area contributed by atoms with Crippen LogP contribution < -0.4 is 21.3 Å². The fraction of sp³-hybridized carbons (Fsp3) is 0.838. The lowest BCUT2D eigenvalue weighted by molar-refractivity contribution is -0.155. The molecule has 1 saturated heterocycles. The minimum absolute atomic E-state index is 0.0192. The number of amides is 4. The van der Waals surface area contributed by atoms with E-state index in [9.17, 15) is 33.9 Å². The van der Waals surface area contributed by atoms with Gasteiger partial charge in [0.2, 0.25) is 23.6 Å². The van der Waals surface area contributed by atoms with Gasteiger partial charge in [0.15, 0.2) is 0 Å². The molecule has 6 atom stereocenters. The molecule has 1 aliphatic rings. The number of cyclic esters (lactones) is 1. The number of carbonyl (C=O) groups excluding carboxylic acids is 5. The van der Waals surface area contributed by atoms with Crippen LogP contribution >= 0.6 is 0 Å². The third-order valence-electron chi connectivity index (χ3n) is 8.90. The molecule has 282 valence electrons. The molecule has 1 aliphatic heterocycles. The summed E-state index contributed by atoms with van der Waals surface area (Å²) in [5.74, 6) is -3.43. The first-order valence-electron chi connectivity index (χ1n) is 18.6. The zero-order valence-corrected chi connectivity index (χ0v) is 31.4. The van der Waals surface area contributed by atoms with Gasteiger partial charge in [-0.1, -0.05) is 93.9 Å². The van der Waals surface area contributed by atoms with Crippen molar-refractivity contribution in [1.82, 2.24) is 21.3 Å². The molecule has 12 nitrogen and oxygen atoms in total. The Morgan fingerprint density at radius 2 is 1.12 bits per heavy atom. The van der Waals surface area contributed by atoms with Crippen molar-refractivity contribution in [2.24, 2.45) is 23.7 Å². The lowest BCUT2D eigenvalue weighted by Gasteiger charge is -2.29. The highest BCUT2D eigenvalue weighted by molar-refractivity contribution is 5.95. The molecule has 1 rings (SSSR count). The molecule has 0 radical (unpaired) electrons. The highest BCUT2D eigenvalue weighted by Gasteiger charge is 2.34. The summed E-state index contributed by atoms with van der Waals surface area (Å²) >= 11 is 0. The number of hydrogen-bond acceptors (Lipinski definition) is 7. The lowest BCUT2D eigenvalue weighted by Crippen LogP contribution is -2.58. The standard InChI is InChI=1S/C37H66N4O8/c1-9-26(8)15-13-11-10-12-14-16-27-22-32(42)38-29(19-23(2)3)34(45)40-31(21-25(6)7)36(47)41-30(20-24(4)5)35(46)39-28(37(48)49-27)17-18-33(43)44/h23-31H,9-22H2,1-8H3,(H,38,42)(H,39,46)(H,40,45)(H,41,47)(H,43,44)/t26-,27-,28+,29+,30+,31+/m1/s1. The van der Waals surface area contributed by atoms with Crippen molar-refractivity contribution in [1.29, 1.82) is 0 Å². The van der Waals surface area contributed by atoms with E-state index in [0.29, 0.717) is 31.6 Å². The van der Waals surface area contributed by atoms with Gasteiger partial charge in [-0.15, -0.1) is 0 Å². The van der Waals surface area contributed by atoms with E-state index in [2.05, 4.69) is 35.1 Å². The lowest BCUT2D eigenvalue weighted by atomic mass is 9.98. The molecule has 0 aliphatic carbocycles. The average Bonchev–Trinajstić information content (AvgIpc) is 2.99. The molecular formula is C37H66N4O8. The van der Waals surface area contributed by atoms with Crippen LogP contribution in [0.5, 0.6) is 0 Å². The molecule has 0 bridgehead atoms. The molecule has 4 amide bonds. The number of carboxylic acid groups (broad SMARTS) is 1. The van der Waals surface area contributed by atoms with E-state index in [-0.39, 0.29) is 37.0 Å². The second-order valence-corrected chi connectivity index (χ2v) is 15.2. The van der Waals surface area contributed by atoms with Gasteiger partial charge in [0.05, 0.1) is 6.42 Å². The number of rotatable bonds is 18. The van der Waals surface area contributed by atoms with Crippen LogP contribution in [0.15, 0.2) is 0 Å². The molecule has 0 spiro atoms. The second-order valence-electron chi connectivity index (χ2n) is 15.2. The van der Waals surface area contributed by atoms with Crippen LogP contribution in [0, 0.1) is 23.7 Å². The molecule has 1 heterocycles. The van der Waals surface area contributed by atoms with Crippen LogP contribution in [0.3, 0.4) is 0 Å². The summed E-state index contributed by atoms with van der Waals surface area (Å²) in [6, 6.07) is -4.24. The Kier molecular flexibility index (Phi) is 20.8. The Hall–Kier alpha value is -3.18. The highest BCUT2D eigenvalue weighted by Crippen LogP contribution is 2.18. The molecule has 0 aromatic carbocycles. The van der Waals surface area contributed by atoms with Crippen LogP contribution in [0.2, 0.25) is 0 Å². The normalized spacial score (nSPS) is 23.9. The second kappa shape index (κ2) is 23.3. The van der Waals surface area contributed by atoms with Crippen molar-refractivity contribution in [3.05, 3.63) is 0 Å². The number of esters is 1. The van der Waals surface area contributed by atoms with Crippen molar-refractivity contribution in [2.45, 2.75) is 176 Å². The van der Waals surface area contributed by atoms with Gasteiger partial charge in [-0.2, -0.15) is 0 Å². The Morgan fingerprint density at radius 1 is 0.673 bits per heavy atom. The molecule has 49 heavy (non-hydrogen) atoms. The van der Waals surface area contributed by atoms with Gasteiger partial charge in [0.1, 0.15) is 30.3 Å². The van der Waals surface area contributed by atoms with E-state index in [0.717, 1.165) is 32.1 Å². The Bertz CT molecular complexity index is 1060. The van der Waals surface area contributed by atoms with Crippen molar-refractivity contribution in [2.75, 3.05) is 0 Å². The summed E-state index contributed by atoms with van der Waals surface area (Å²) in [7, 11) is 0. The summed E-state index contributed by atoms with van der Waals surface area (Å²) in [4.78, 5) is 79.2. The van der Waals surface area contributed by atoms with Crippen LogP contribution in [-0.4, -0.2) is 70.9 Å². The summed E-state index contributed by atoms with van der Waals surface area (Å²) in [6.07, 6.45) is 6.79. The number of carboxylic acids is 1. The van der Waals surface area contributed by atoms with Crippen molar-refractivity contribution in [3.8, 4) is 0 Å². The molecule has 0 aromatic heterocycles. The van der Waals surface area contributed by atoms with E-state index in [1.807, 2.05) is 41.5 Å². The van der Waals surface area contributed by atoms with E-state index in [4.69, 9.17) is 4.74 Å². The van der Waals surface area contributed by atoms with Gasteiger partial charge in [-0.3, -0.25) is 24.0 Å². The van der Waals surface area contributed by atoms with Gasteiger partial charge in [-0.25, -0.2) is 4.79 Å². The van der Waals surface area contributed by atoms with Crippen molar-refractivity contribution in [3.63, 3.8) is 0 Å². The van der Waals surface area contributed by atoms with Crippen LogP contribution in [0.1, 0.15) is 145 Å². The number of carbonyl (C=O) groups is 6. The van der Waals surface area contributed by atoms with E-state index in [1.54, 1.807) is 0 Å². The SMILES string of the molecule is CC[C@@H](C)CCCCCCC[C@@H]1CC(=O)N[C@@H](CC(C)C)C(=O)N[C@@H](CC(C)C)C(=O)N[C@@H](CC(C)C)C(=O)N[C@@H](CCC(=O)O)C(=O)O1. The minimum Gasteiger partial charge on any atom is -0.481 e. The Morgan fingerprint density at radius 3 is 1.59 bits per heavy atom. The molecule has 0 unspecified atom stereocenters. The van der Waals surface area contributed by atoms with Crippen LogP contribution in [-0.2, 0) is 33.5 Å². The fourth-order valence-corrected chi connectivity index (χ4v) is 5.95. The molecule has 12 heteroatoms. The van der Waals surface area contributed by atoms with Gasteiger partial charge < -0.3 is 31.1 Å². The predicted molar refractivity (Wildman–Crippen MR) is 189 cm³/mol. The first-order chi connectivity index (χ1) is 23.0. The maximum atomic E-state index is 13.6.